The summed E-state index contributed by atoms with van der Waals surface area (Å²) in [6.45, 7) is 2.10. The van der Waals surface area contributed by atoms with E-state index in [1.54, 1.807) is 30.2 Å². The van der Waals surface area contributed by atoms with Crippen LogP contribution in [0.5, 0.6) is 5.75 Å². The van der Waals surface area contributed by atoms with Crippen molar-refractivity contribution in [3.8, 4) is 17.0 Å². The number of benzene rings is 2. The van der Waals surface area contributed by atoms with E-state index in [4.69, 9.17) is 15.5 Å². The molecule has 3 heterocycles. The molecular weight excluding hydrogens is 472 g/mol. The van der Waals surface area contributed by atoms with Gasteiger partial charge in [0.25, 0.3) is 5.91 Å². The number of thiazole rings is 1. The molecule has 0 spiro atoms. The number of methoxy groups -OCH3 is 1. The lowest BCUT2D eigenvalue weighted by molar-refractivity contribution is 0.103. The highest BCUT2D eigenvalue weighted by Crippen LogP contribution is 2.36. The summed E-state index contributed by atoms with van der Waals surface area (Å²) in [6.07, 6.45) is 0. The van der Waals surface area contributed by atoms with Crippen molar-refractivity contribution in [2.24, 2.45) is 0 Å². The maximum absolute atomic E-state index is 13.0. The Morgan fingerprint density at radius 1 is 1.09 bits per heavy atom. The molecule has 0 aliphatic rings. The first-order valence-corrected chi connectivity index (χ1v) is 12.9. The standard InChI is InChI=1S/C24H20N4O2S3/c1-3-31-24-28-18-10-6-14(12-19(18)32-24)26-22(29)21-20(25)16-9-11-17(27-23(16)33-21)13-4-7-15(30-2)8-5-13/h4-12H,3,25H2,1-2H3,(H,26,29). The van der Waals surface area contributed by atoms with Crippen LogP contribution in [0, 0.1) is 0 Å². The second-order valence-corrected chi connectivity index (χ2v) is 10.7. The number of carbonyl (C=O) groups is 1. The molecular formula is C24H20N4O2S3. The van der Waals surface area contributed by atoms with Crippen molar-refractivity contribution >= 4 is 72.2 Å². The predicted octanol–water partition coefficient (Wildman–Crippen LogP) is 6.53. The van der Waals surface area contributed by atoms with E-state index in [0.29, 0.717) is 16.3 Å². The molecule has 3 aromatic heterocycles. The quantitative estimate of drug-likeness (QED) is 0.262. The van der Waals surface area contributed by atoms with E-state index in [-0.39, 0.29) is 5.91 Å². The zero-order valence-electron chi connectivity index (χ0n) is 17.9. The van der Waals surface area contributed by atoms with E-state index >= 15 is 0 Å². The number of rotatable bonds is 6. The molecule has 5 aromatic rings. The number of anilines is 2. The van der Waals surface area contributed by atoms with Crippen LogP contribution >= 0.6 is 34.4 Å². The minimum absolute atomic E-state index is 0.242. The molecule has 0 saturated carbocycles. The van der Waals surface area contributed by atoms with Gasteiger partial charge >= 0.3 is 0 Å². The highest BCUT2D eigenvalue weighted by Gasteiger charge is 2.18. The van der Waals surface area contributed by atoms with Crippen LogP contribution in [0.2, 0.25) is 0 Å². The first-order chi connectivity index (χ1) is 16.1. The Balaban J connectivity index is 1.42. The number of nitrogen functional groups attached to an aromatic ring is 1. The maximum atomic E-state index is 13.0. The number of hydrogen-bond acceptors (Lipinski definition) is 8. The summed E-state index contributed by atoms with van der Waals surface area (Å²) in [7, 11) is 1.64. The number of nitrogens with one attached hydrogen (secondary N) is 1. The van der Waals surface area contributed by atoms with E-state index in [1.807, 2.05) is 54.6 Å². The van der Waals surface area contributed by atoms with E-state index in [2.05, 4.69) is 17.2 Å². The molecule has 9 heteroatoms. The molecule has 0 fully saturated rings. The second kappa shape index (κ2) is 9.01. The molecule has 3 N–H and O–H groups in total. The van der Waals surface area contributed by atoms with Gasteiger partial charge in [0, 0.05) is 16.6 Å². The number of aromatic nitrogens is 2. The average molecular weight is 493 g/mol. The van der Waals surface area contributed by atoms with Crippen molar-refractivity contribution in [3.63, 3.8) is 0 Å². The van der Waals surface area contributed by atoms with Gasteiger partial charge in [0.15, 0.2) is 4.34 Å². The highest BCUT2D eigenvalue weighted by molar-refractivity contribution is 8.01. The molecule has 0 atom stereocenters. The first kappa shape index (κ1) is 21.7. The van der Waals surface area contributed by atoms with E-state index in [0.717, 1.165) is 47.5 Å². The Labute approximate surface area is 202 Å². The van der Waals surface area contributed by atoms with Gasteiger partial charge in [0.2, 0.25) is 0 Å². The lowest BCUT2D eigenvalue weighted by Gasteiger charge is -2.04. The van der Waals surface area contributed by atoms with Gasteiger partial charge < -0.3 is 15.8 Å². The first-order valence-electron chi connectivity index (χ1n) is 10.2. The van der Waals surface area contributed by atoms with Gasteiger partial charge in [-0.3, -0.25) is 4.79 Å². The van der Waals surface area contributed by atoms with Crippen molar-refractivity contribution in [2.75, 3.05) is 23.9 Å². The van der Waals surface area contributed by atoms with Crippen LogP contribution in [0.1, 0.15) is 16.6 Å². The van der Waals surface area contributed by atoms with Crippen LogP contribution in [0.4, 0.5) is 11.4 Å². The zero-order valence-corrected chi connectivity index (χ0v) is 20.4. The Morgan fingerprint density at radius 3 is 2.67 bits per heavy atom. The summed E-state index contributed by atoms with van der Waals surface area (Å²) in [4.78, 5) is 23.6. The van der Waals surface area contributed by atoms with Crippen molar-refractivity contribution in [2.45, 2.75) is 11.3 Å². The maximum Gasteiger partial charge on any atom is 0.267 e. The molecule has 0 radical (unpaired) electrons. The van der Waals surface area contributed by atoms with Crippen LogP contribution in [0.25, 0.3) is 31.7 Å². The predicted molar refractivity (Wildman–Crippen MR) is 140 cm³/mol. The molecule has 166 valence electrons. The fourth-order valence-corrected chi connectivity index (χ4v) is 6.44. The van der Waals surface area contributed by atoms with E-state index < -0.39 is 0 Å². The normalized spacial score (nSPS) is 11.2. The fraction of sp³-hybridized carbons (Fsp3) is 0.125. The lowest BCUT2D eigenvalue weighted by atomic mass is 10.1. The van der Waals surface area contributed by atoms with E-state index in [1.165, 1.54) is 11.3 Å². The molecule has 5 rings (SSSR count). The van der Waals surface area contributed by atoms with Crippen LogP contribution in [0.15, 0.2) is 58.9 Å². The van der Waals surface area contributed by atoms with Gasteiger partial charge in [-0.1, -0.05) is 18.7 Å². The number of amides is 1. The molecule has 6 nitrogen and oxygen atoms in total. The Kier molecular flexibility index (Phi) is 5.92. The number of nitrogens with two attached hydrogens (primary N) is 1. The minimum atomic E-state index is -0.242. The van der Waals surface area contributed by atoms with Gasteiger partial charge in [0.1, 0.15) is 15.5 Å². The monoisotopic (exact) mass is 492 g/mol. The largest absolute Gasteiger partial charge is 0.497 e. The molecule has 1 amide bonds. The highest BCUT2D eigenvalue weighted by atomic mass is 32.2. The third-order valence-corrected chi connectivity index (χ3v) is 8.24. The number of thiophene rings is 1. The fourth-order valence-electron chi connectivity index (χ4n) is 3.44. The third kappa shape index (κ3) is 4.27. The molecule has 0 saturated heterocycles. The minimum Gasteiger partial charge on any atom is -0.497 e. The van der Waals surface area contributed by atoms with Crippen LogP contribution in [-0.2, 0) is 0 Å². The van der Waals surface area contributed by atoms with Gasteiger partial charge in [-0.25, -0.2) is 9.97 Å². The Morgan fingerprint density at radius 2 is 1.91 bits per heavy atom. The number of thioether (sulfide) groups is 1. The number of ether oxygens (including phenoxy) is 1. The summed E-state index contributed by atoms with van der Waals surface area (Å²) in [5, 5.41) is 3.75. The Bertz CT molecular complexity index is 1470. The number of fused-ring (bicyclic) bond motifs is 2. The van der Waals surface area contributed by atoms with Gasteiger partial charge in [-0.2, -0.15) is 0 Å². The number of hydrogen-bond donors (Lipinski definition) is 2. The van der Waals surface area contributed by atoms with Gasteiger partial charge in [0.05, 0.1) is 28.7 Å². The molecule has 0 aliphatic heterocycles. The second-order valence-electron chi connectivity index (χ2n) is 7.17. The third-order valence-electron chi connectivity index (χ3n) is 5.08. The zero-order chi connectivity index (χ0) is 22.9. The number of nitrogens with zero attached hydrogens (tertiary/aromatic N) is 2. The van der Waals surface area contributed by atoms with Crippen LogP contribution in [0.3, 0.4) is 0 Å². The summed E-state index contributed by atoms with van der Waals surface area (Å²) >= 11 is 4.64. The van der Waals surface area contributed by atoms with Crippen LogP contribution < -0.4 is 15.8 Å². The topological polar surface area (TPSA) is 90.1 Å². The van der Waals surface area contributed by atoms with Crippen molar-refractivity contribution in [1.29, 1.82) is 0 Å². The lowest BCUT2D eigenvalue weighted by Crippen LogP contribution is -2.11. The van der Waals surface area contributed by atoms with Crippen molar-refractivity contribution < 1.29 is 9.53 Å². The summed E-state index contributed by atoms with van der Waals surface area (Å²) < 4.78 is 7.29. The molecule has 2 aromatic carbocycles. The SMILES string of the molecule is CCSc1nc2ccc(NC(=O)c3sc4nc(-c5ccc(OC)cc5)ccc4c3N)cc2s1. The molecule has 0 aliphatic carbocycles. The summed E-state index contributed by atoms with van der Waals surface area (Å²) in [6, 6.07) is 17.3. The van der Waals surface area contributed by atoms with Crippen LogP contribution in [-0.4, -0.2) is 28.7 Å². The average Bonchev–Trinajstić information content (AvgIpc) is 3.39. The Hall–Kier alpha value is -3.14. The summed E-state index contributed by atoms with van der Waals surface area (Å²) in [5.41, 5.74) is 10.2. The number of carbonyl (C=O) groups excluding carboxylic acids is 1. The number of pyridine rings is 1. The molecule has 0 unspecified atom stereocenters. The van der Waals surface area contributed by atoms with Gasteiger partial charge in [-0.05, 0) is 60.4 Å². The molecule has 33 heavy (non-hydrogen) atoms. The van der Waals surface area contributed by atoms with Crippen molar-refractivity contribution in [1.82, 2.24) is 9.97 Å². The van der Waals surface area contributed by atoms with Gasteiger partial charge in [-0.15, -0.1) is 22.7 Å². The smallest absolute Gasteiger partial charge is 0.267 e. The molecule has 0 bridgehead atoms. The summed E-state index contributed by atoms with van der Waals surface area (Å²) in [5.74, 6) is 1.52. The van der Waals surface area contributed by atoms with E-state index in [9.17, 15) is 4.79 Å². The van der Waals surface area contributed by atoms with Crippen molar-refractivity contribution in [3.05, 3.63) is 59.5 Å².